The monoisotopic (exact) mass is 312 g/mol. The average Bonchev–Trinajstić information content (AvgIpc) is 3.06. The normalized spacial score (nSPS) is 16.1. The highest BCUT2D eigenvalue weighted by Crippen LogP contribution is 2.29. The molecule has 0 aliphatic carbocycles. The molecule has 0 N–H and O–H groups in total. The summed E-state index contributed by atoms with van der Waals surface area (Å²) in [6.45, 7) is 1.51. The molecule has 0 radical (unpaired) electrons. The lowest BCUT2D eigenvalue weighted by Gasteiger charge is -1.99. The molecule has 3 rings (SSSR count). The molecule has 0 atom stereocenters. The van der Waals surface area contributed by atoms with E-state index in [1.54, 1.807) is 36.4 Å². The van der Waals surface area contributed by atoms with Crippen molar-refractivity contribution in [3.8, 4) is 11.3 Å². The molecular weight excluding hydrogens is 302 g/mol. The summed E-state index contributed by atoms with van der Waals surface area (Å²) in [6, 6.07) is 10.5. The fraction of sp³-hybridized carbons (Fsp3) is 0.0625. The summed E-state index contributed by atoms with van der Waals surface area (Å²) in [4.78, 5) is 26.2. The van der Waals surface area contributed by atoms with Crippen LogP contribution in [0.15, 0.2) is 50.7 Å². The van der Waals surface area contributed by atoms with Crippen LogP contribution in [0.5, 0.6) is 0 Å². The summed E-state index contributed by atoms with van der Waals surface area (Å²) in [5.74, 6) is 0.535. The van der Waals surface area contributed by atoms with E-state index < -0.39 is 11.1 Å². The van der Waals surface area contributed by atoms with Gasteiger partial charge in [0.05, 0.1) is 4.91 Å². The number of furan rings is 1. The summed E-state index contributed by atoms with van der Waals surface area (Å²) < 4.78 is 5.64. The largest absolute Gasteiger partial charge is 0.853 e. The van der Waals surface area contributed by atoms with Gasteiger partial charge in [0, 0.05) is 22.4 Å². The number of amides is 1. The smallest absolute Gasteiger partial charge is 0.283 e. The van der Waals surface area contributed by atoms with Gasteiger partial charge >= 0.3 is 0 Å². The first-order valence-corrected chi connectivity index (χ1v) is 7.25. The Hall–Kier alpha value is -2.60. The minimum absolute atomic E-state index is 0.00149. The summed E-state index contributed by atoms with van der Waals surface area (Å²) in [6.07, 6.45) is 1.49. The fourth-order valence-corrected chi connectivity index (χ4v) is 2.60. The molecule has 2 heterocycles. The Labute approximate surface area is 130 Å². The van der Waals surface area contributed by atoms with Crippen molar-refractivity contribution in [1.82, 2.24) is 0 Å². The standard InChI is InChI=1S/C16H11NO4S/c1-9(18)10-2-4-11(5-3-10)13-7-6-12(21-13)8-14-15(19)17-16(20)22-14/h2-8H,1H3,(H,17,19,20)/p-1/b14-8-. The number of hydrogen-bond donors (Lipinski definition) is 0. The number of ketones is 1. The molecule has 0 saturated heterocycles. The van der Waals surface area contributed by atoms with Crippen LogP contribution in [0.4, 0.5) is 0 Å². The SMILES string of the molecule is CC(=O)c1ccc(-c2ccc(/C=C3\SC([O-])=NC3=O)o2)cc1. The highest BCUT2D eigenvalue weighted by atomic mass is 32.2. The van der Waals surface area contributed by atoms with E-state index in [4.69, 9.17) is 4.42 Å². The molecule has 22 heavy (non-hydrogen) atoms. The molecule has 0 saturated carbocycles. The molecule has 1 aliphatic rings. The van der Waals surface area contributed by atoms with E-state index in [9.17, 15) is 14.7 Å². The van der Waals surface area contributed by atoms with Gasteiger partial charge in [-0.3, -0.25) is 9.59 Å². The summed E-state index contributed by atoms with van der Waals surface area (Å²) in [7, 11) is 0. The van der Waals surface area contributed by atoms with Crippen LogP contribution in [0, 0.1) is 0 Å². The van der Waals surface area contributed by atoms with Crippen LogP contribution in [-0.2, 0) is 4.79 Å². The van der Waals surface area contributed by atoms with Crippen LogP contribution in [-0.4, -0.2) is 16.9 Å². The number of rotatable bonds is 3. The Morgan fingerprint density at radius 2 is 1.95 bits per heavy atom. The van der Waals surface area contributed by atoms with Gasteiger partial charge in [-0.05, 0) is 19.1 Å². The summed E-state index contributed by atoms with van der Waals surface area (Å²) >= 11 is 0.787. The molecule has 2 aromatic rings. The average molecular weight is 312 g/mol. The Kier molecular flexibility index (Phi) is 3.68. The number of carbonyl (C=O) groups excluding carboxylic acids is 2. The van der Waals surface area contributed by atoms with Crippen LogP contribution in [0.2, 0.25) is 0 Å². The zero-order valence-corrected chi connectivity index (χ0v) is 12.3. The third-order valence-corrected chi connectivity index (χ3v) is 3.86. The van der Waals surface area contributed by atoms with Crippen molar-refractivity contribution < 1.29 is 19.1 Å². The van der Waals surface area contributed by atoms with Gasteiger partial charge in [0.2, 0.25) is 0 Å². The van der Waals surface area contributed by atoms with Crippen molar-refractivity contribution in [2.45, 2.75) is 6.92 Å². The molecule has 1 amide bonds. The Balaban J connectivity index is 1.84. The van der Waals surface area contributed by atoms with Crippen LogP contribution in [0.1, 0.15) is 23.0 Å². The van der Waals surface area contributed by atoms with Gasteiger partial charge in [0.1, 0.15) is 11.5 Å². The van der Waals surface area contributed by atoms with Gasteiger partial charge in [-0.1, -0.05) is 36.0 Å². The molecular formula is C16H10NO4S-. The lowest BCUT2D eigenvalue weighted by molar-refractivity contribution is -0.205. The highest BCUT2D eigenvalue weighted by Gasteiger charge is 2.17. The van der Waals surface area contributed by atoms with E-state index >= 15 is 0 Å². The van der Waals surface area contributed by atoms with Crippen molar-refractivity contribution in [2.24, 2.45) is 4.99 Å². The van der Waals surface area contributed by atoms with Crippen LogP contribution >= 0.6 is 11.8 Å². The maximum atomic E-state index is 11.4. The van der Waals surface area contributed by atoms with Gasteiger partial charge < -0.3 is 9.52 Å². The van der Waals surface area contributed by atoms with Crippen LogP contribution < -0.4 is 5.11 Å². The van der Waals surface area contributed by atoms with Crippen LogP contribution in [0.25, 0.3) is 17.4 Å². The van der Waals surface area contributed by atoms with Gasteiger partial charge in [-0.2, -0.15) is 0 Å². The van der Waals surface area contributed by atoms with Gasteiger partial charge in [-0.25, -0.2) is 4.99 Å². The van der Waals surface area contributed by atoms with Crippen molar-refractivity contribution in [1.29, 1.82) is 0 Å². The molecule has 110 valence electrons. The van der Waals surface area contributed by atoms with Crippen molar-refractivity contribution in [2.75, 3.05) is 0 Å². The molecule has 1 aliphatic heterocycles. The molecule has 1 aromatic carbocycles. The lowest BCUT2D eigenvalue weighted by atomic mass is 10.1. The van der Waals surface area contributed by atoms with E-state index in [-0.39, 0.29) is 10.7 Å². The van der Waals surface area contributed by atoms with E-state index in [1.807, 2.05) is 0 Å². The highest BCUT2D eigenvalue weighted by molar-refractivity contribution is 8.18. The van der Waals surface area contributed by atoms with Crippen molar-refractivity contribution >= 4 is 34.8 Å². The van der Waals surface area contributed by atoms with Gasteiger partial charge in [-0.15, -0.1) is 0 Å². The van der Waals surface area contributed by atoms with E-state index in [0.29, 0.717) is 17.1 Å². The van der Waals surface area contributed by atoms with Crippen molar-refractivity contribution in [3.63, 3.8) is 0 Å². The molecule has 0 bridgehead atoms. The quantitative estimate of drug-likeness (QED) is 0.642. The van der Waals surface area contributed by atoms with E-state index in [2.05, 4.69) is 4.99 Å². The number of aliphatic imine (C=N–C) groups is 1. The maximum Gasteiger partial charge on any atom is 0.283 e. The number of benzene rings is 1. The van der Waals surface area contributed by atoms with E-state index in [0.717, 1.165) is 17.3 Å². The minimum Gasteiger partial charge on any atom is -0.853 e. The number of nitrogens with zero attached hydrogens (tertiary/aromatic N) is 1. The molecule has 1 aromatic heterocycles. The Bertz CT molecular complexity index is 815. The van der Waals surface area contributed by atoms with Crippen molar-refractivity contribution in [3.05, 3.63) is 52.6 Å². The van der Waals surface area contributed by atoms with Gasteiger partial charge in [0.15, 0.2) is 5.78 Å². The minimum atomic E-state index is -0.543. The number of Topliss-reactive ketones (excluding diaryl/α,β-unsaturated/α-hetero) is 1. The summed E-state index contributed by atoms with van der Waals surface area (Å²) in [5.41, 5.74) is 1.45. The zero-order valence-electron chi connectivity index (χ0n) is 11.5. The first-order valence-electron chi connectivity index (χ1n) is 6.44. The third-order valence-electron chi connectivity index (χ3n) is 3.08. The Morgan fingerprint density at radius 1 is 1.23 bits per heavy atom. The second kappa shape index (κ2) is 5.65. The second-order valence-electron chi connectivity index (χ2n) is 4.63. The van der Waals surface area contributed by atoms with Crippen LogP contribution in [0.3, 0.4) is 0 Å². The lowest BCUT2D eigenvalue weighted by Crippen LogP contribution is -2.08. The molecule has 0 unspecified atom stereocenters. The third kappa shape index (κ3) is 2.87. The topological polar surface area (TPSA) is 82.7 Å². The molecule has 5 nitrogen and oxygen atoms in total. The first kappa shape index (κ1) is 14.3. The molecule has 0 fully saturated rings. The number of hydrogen-bond acceptors (Lipinski definition) is 5. The second-order valence-corrected chi connectivity index (χ2v) is 5.62. The zero-order chi connectivity index (χ0) is 15.7. The molecule has 6 heteroatoms. The number of carbonyl (C=O) groups is 2. The first-order chi connectivity index (χ1) is 10.5. The Morgan fingerprint density at radius 3 is 2.55 bits per heavy atom. The predicted molar refractivity (Wildman–Crippen MR) is 82.2 cm³/mol. The fourth-order valence-electron chi connectivity index (χ4n) is 1.97. The van der Waals surface area contributed by atoms with E-state index in [1.165, 1.54) is 13.0 Å². The van der Waals surface area contributed by atoms with Gasteiger partial charge in [0.25, 0.3) is 5.91 Å². The molecule has 0 spiro atoms. The predicted octanol–water partition coefficient (Wildman–Crippen LogP) is 2.48. The number of thioether (sulfide) groups is 1. The summed E-state index contributed by atoms with van der Waals surface area (Å²) in [5, 5.41) is 10.5. The maximum absolute atomic E-state index is 11.4.